The normalized spacial score (nSPS) is 29.4. The van der Waals surface area contributed by atoms with E-state index in [1.165, 1.54) is 6.20 Å². The van der Waals surface area contributed by atoms with E-state index in [1.807, 2.05) is 0 Å². The smallest absolute Gasteiger partial charge is 0.253 e. The van der Waals surface area contributed by atoms with Crippen LogP contribution >= 0.6 is 12.4 Å². The Balaban J connectivity index is 0.00000108. The van der Waals surface area contributed by atoms with Crippen molar-refractivity contribution in [1.82, 2.24) is 10.3 Å². The number of pyridine rings is 1. The van der Waals surface area contributed by atoms with Crippen molar-refractivity contribution in [2.75, 3.05) is 19.7 Å². The first-order valence-corrected chi connectivity index (χ1v) is 5.41. The highest BCUT2D eigenvalue weighted by molar-refractivity contribution is 5.85. The molecular formula is C11H13ClF2N2O. The molecule has 0 spiro atoms. The molecule has 0 radical (unpaired) electrons. The predicted molar refractivity (Wildman–Crippen MR) is 60.2 cm³/mol. The van der Waals surface area contributed by atoms with Crippen molar-refractivity contribution in [3.63, 3.8) is 0 Å². The first kappa shape index (κ1) is 12.5. The van der Waals surface area contributed by atoms with E-state index in [9.17, 15) is 8.78 Å². The quantitative estimate of drug-likeness (QED) is 0.899. The van der Waals surface area contributed by atoms with Gasteiger partial charge >= 0.3 is 0 Å². The average Bonchev–Trinajstić information content (AvgIpc) is 2.73. The largest absolute Gasteiger partial charge is 0.475 e. The SMILES string of the molecule is Cl.Fc1ccnc(OCC2[C@H]3CNC[C@@H]23)c1F. The van der Waals surface area contributed by atoms with Crippen LogP contribution in [0, 0.1) is 29.4 Å². The summed E-state index contributed by atoms with van der Waals surface area (Å²) in [5.41, 5.74) is 0. The molecule has 1 unspecified atom stereocenters. The highest BCUT2D eigenvalue weighted by atomic mass is 35.5. The third-order valence-corrected chi connectivity index (χ3v) is 3.49. The van der Waals surface area contributed by atoms with Crippen LogP contribution in [0.4, 0.5) is 8.78 Å². The van der Waals surface area contributed by atoms with Crippen LogP contribution in [0.5, 0.6) is 5.88 Å². The van der Waals surface area contributed by atoms with Gasteiger partial charge in [0.25, 0.3) is 5.88 Å². The Bertz CT molecular complexity index is 408. The summed E-state index contributed by atoms with van der Waals surface area (Å²) in [6.07, 6.45) is 1.21. The summed E-state index contributed by atoms with van der Waals surface area (Å²) >= 11 is 0. The molecule has 0 aromatic carbocycles. The van der Waals surface area contributed by atoms with E-state index in [4.69, 9.17) is 4.74 Å². The van der Waals surface area contributed by atoms with Crippen molar-refractivity contribution >= 4 is 12.4 Å². The van der Waals surface area contributed by atoms with Gasteiger partial charge in [-0.2, -0.15) is 4.39 Å². The Morgan fingerprint density at radius 2 is 2.06 bits per heavy atom. The molecule has 2 heterocycles. The van der Waals surface area contributed by atoms with Gasteiger partial charge < -0.3 is 10.1 Å². The number of halogens is 3. The fourth-order valence-electron chi connectivity index (χ4n) is 2.47. The number of fused-ring (bicyclic) bond motifs is 1. The molecule has 1 N–H and O–H groups in total. The minimum Gasteiger partial charge on any atom is -0.475 e. The maximum atomic E-state index is 13.2. The lowest BCUT2D eigenvalue weighted by Gasteiger charge is -2.07. The van der Waals surface area contributed by atoms with E-state index < -0.39 is 11.6 Å². The summed E-state index contributed by atoms with van der Waals surface area (Å²) in [6.45, 7) is 2.46. The molecule has 1 aromatic heterocycles. The Kier molecular flexibility index (Phi) is 3.49. The maximum Gasteiger partial charge on any atom is 0.253 e. The first-order valence-electron chi connectivity index (χ1n) is 5.41. The number of hydrogen-bond donors (Lipinski definition) is 1. The molecule has 3 nitrogen and oxygen atoms in total. The Morgan fingerprint density at radius 1 is 1.35 bits per heavy atom. The summed E-state index contributed by atoms with van der Waals surface area (Å²) in [5, 5.41) is 3.27. The minimum absolute atomic E-state index is 0. The summed E-state index contributed by atoms with van der Waals surface area (Å²) in [6, 6.07) is 0.984. The van der Waals surface area contributed by atoms with Gasteiger partial charge in [0, 0.05) is 12.1 Å². The van der Waals surface area contributed by atoms with Crippen LogP contribution in [0.2, 0.25) is 0 Å². The number of nitrogens with zero attached hydrogens (tertiary/aromatic N) is 1. The number of hydrogen-bond acceptors (Lipinski definition) is 3. The summed E-state index contributed by atoms with van der Waals surface area (Å²) < 4.78 is 31.3. The number of piperidine rings is 1. The fraction of sp³-hybridized carbons (Fsp3) is 0.545. The second-order valence-corrected chi connectivity index (χ2v) is 4.37. The Morgan fingerprint density at radius 3 is 2.76 bits per heavy atom. The van der Waals surface area contributed by atoms with E-state index in [0.29, 0.717) is 24.4 Å². The van der Waals surface area contributed by atoms with Crippen molar-refractivity contribution in [2.45, 2.75) is 0 Å². The Labute approximate surface area is 104 Å². The van der Waals surface area contributed by atoms with Gasteiger partial charge in [-0.1, -0.05) is 0 Å². The van der Waals surface area contributed by atoms with E-state index in [0.717, 1.165) is 19.2 Å². The molecular weight excluding hydrogens is 250 g/mol. The molecule has 3 atom stereocenters. The molecule has 0 bridgehead atoms. The molecule has 1 aliphatic heterocycles. The summed E-state index contributed by atoms with van der Waals surface area (Å²) in [4.78, 5) is 3.68. The second-order valence-electron chi connectivity index (χ2n) is 4.37. The van der Waals surface area contributed by atoms with Gasteiger partial charge in [0.2, 0.25) is 5.82 Å². The third-order valence-electron chi connectivity index (χ3n) is 3.49. The molecule has 3 rings (SSSR count). The number of rotatable bonds is 3. The van der Waals surface area contributed by atoms with E-state index >= 15 is 0 Å². The van der Waals surface area contributed by atoms with Gasteiger partial charge in [0.1, 0.15) is 0 Å². The van der Waals surface area contributed by atoms with Crippen molar-refractivity contribution in [3.05, 3.63) is 23.9 Å². The van der Waals surface area contributed by atoms with Crippen LogP contribution in [-0.4, -0.2) is 24.7 Å². The predicted octanol–water partition coefficient (Wildman–Crippen LogP) is 1.63. The minimum atomic E-state index is -0.994. The summed E-state index contributed by atoms with van der Waals surface area (Å²) in [7, 11) is 0. The zero-order valence-electron chi connectivity index (χ0n) is 9.03. The fourth-order valence-corrected chi connectivity index (χ4v) is 2.47. The lowest BCUT2D eigenvalue weighted by atomic mass is 10.3. The lowest BCUT2D eigenvalue weighted by molar-refractivity contribution is 0.253. The van der Waals surface area contributed by atoms with Crippen molar-refractivity contribution in [2.24, 2.45) is 17.8 Å². The van der Waals surface area contributed by atoms with Crippen LogP contribution < -0.4 is 10.1 Å². The van der Waals surface area contributed by atoms with E-state index in [1.54, 1.807) is 0 Å². The van der Waals surface area contributed by atoms with Gasteiger partial charge in [0.15, 0.2) is 5.82 Å². The molecule has 17 heavy (non-hydrogen) atoms. The van der Waals surface area contributed by atoms with Gasteiger partial charge in [-0.25, -0.2) is 9.37 Å². The molecule has 1 saturated carbocycles. The van der Waals surface area contributed by atoms with Gasteiger partial charge in [-0.05, 0) is 31.0 Å². The van der Waals surface area contributed by atoms with Gasteiger partial charge in [-0.15, -0.1) is 12.4 Å². The second kappa shape index (κ2) is 4.74. The standard InChI is InChI=1S/C11H12F2N2O.ClH/c12-9-1-2-15-11(10(9)13)16-5-8-6-3-14-4-7(6)8;/h1-2,6-8,14H,3-5H2;1H/t6-,7+,8?;. The molecule has 1 aromatic rings. The average molecular weight is 263 g/mol. The lowest BCUT2D eigenvalue weighted by Crippen LogP contribution is -2.18. The molecule has 0 amide bonds. The van der Waals surface area contributed by atoms with Crippen molar-refractivity contribution < 1.29 is 13.5 Å². The number of aromatic nitrogens is 1. The van der Waals surface area contributed by atoms with Crippen LogP contribution in [0.1, 0.15) is 0 Å². The van der Waals surface area contributed by atoms with Crippen LogP contribution in [0.3, 0.4) is 0 Å². The Hall–Kier alpha value is -0.940. The zero-order valence-corrected chi connectivity index (χ0v) is 9.84. The number of nitrogens with one attached hydrogen (secondary N) is 1. The highest BCUT2D eigenvalue weighted by Crippen LogP contribution is 2.48. The van der Waals surface area contributed by atoms with Gasteiger partial charge in [-0.3, -0.25) is 0 Å². The van der Waals surface area contributed by atoms with E-state index in [-0.39, 0.29) is 18.3 Å². The van der Waals surface area contributed by atoms with Gasteiger partial charge in [0.05, 0.1) is 6.61 Å². The first-order chi connectivity index (χ1) is 7.77. The van der Waals surface area contributed by atoms with Crippen LogP contribution in [0.15, 0.2) is 12.3 Å². The topological polar surface area (TPSA) is 34.1 Å². The molecule has 1 aliphatic carbocycles. The van der Waals surface area contributed by atoms with Crippen molar-refractivity contribution in [3.8, 4) is 5.88 Å². The van der Waals surface area contributed by atoms with Crippen molar-refractivity contribution in [1.29, 1.82) is 0 Å². The zero-order chi connectivity index (χ0) is 11.1. The molecule has 2 aliphatic rings. The molecule has 94 valence electrons. The molecule has 1 saturated heterocycles. The monoisotopic (exact) mass is 262 g/mol. The maximum absolute atomic E-state index is 13.2. The molecule has 6 heteroatoms. The highest BCUT2D eigenvalue weighted by Gasteiger charge is 2.53. The van der Waals surface area contributed by atoms with E-state index in [2.05, 4.69) is 10.3 Å². The number of ether oxygens (including phenoxy) is 1. The summed E-state index contributed by atoms with van der Waals surface area (Å²) in [5.74, 6) is -0.356. The third kappa shape index (κ3) is 2.21. The van der Waals surface area contributed by atoms with Crippen LogP contribution in [0.25, 0.3) is 0 Å². The van der Waals surface area contributed by atoms with Crippen LogP contribution in [-0.2, 0) is 0 Å². The molecule has 2 fully saturated rings.